The van der Waals surface area contributed by atoms with Gasteiger partial charge in [-0.05, 0) is 0 Å². The molecule has 0 amide bonds. The Balaban J connectivity index is 0.705. The average Bonchev–Trinajstić information content (AvgIpc) is 0.774. The molecule has 0 aromatic carbocycles. The summed E-state index contributed by atoms with van der Waals surface area (Å²) in [6, 6.07) is 0. The van der Waals surface area contributed by atoms with Crippen LogP contribution in [0.2, 0.25) is 0 Å². The van der Waals surface area contributed by atoms with E-state index in [1.165, 1.54) is 0 Å². The molecule has 0 unspecified atom stereocenters. The zero-order chi connectivity index (χ0) is 81.4. The summed E-state index contributed by atoms with van der Waals surface area (Å²) in [5.74, 6) is 0. The lowest BCUT2D eigenvalue weighted by Crippen LogP contribution is -2.68. The zero-order valence-corrected chi connectivity index (χ0v) is 58.0. The second kappa shape index (κ2) is 39.4. The van der Waals surface area contributed by atoms with E-state index in [1.807, 2.05) is 0 Å². The van der Waals surface area contributed by atoms with Crippen molar-refractivity contribution in [2.75, 3.05) is 66.1 Å². The van der Waals surface area contributed by atoms with Crippen molar-refractivity contribution in [3.05, 3.63) is 0 Å². The van der Waals surface area contributed by atoms with Gasteiger partial charge in [-0.25, -0.2) is 0 Å². The summed E-state index contributed by atoms with van der Waals surface area (Å²) in [7, 11) is 0. The van der Waals surface area contributed by atoms with Crippen molar-refractivity contribution >= 4 is 0 Å². The summed E-state index contributed by atoms with van der Waals surface area (Å²) in [5.41, 5.74) is 0. The maximum absolute atomic E-state index is 11.5. The molecule has 0 saturated carbocycles. The number of hydrogen-bond donors (Lipinski definition) is 32. The Labute approximate surface area is 625 Å². The molecule has 10 fully saturated rings. The van der Waals surface area contributed by atoms with E-state index in [9.17, 15) is 163 Å². The molecule has 32 N–H and O–H groups in total. The molecular weight excluding hydrogens is 1540 g/mol. The number of hydrogen-bond acceptors (Lipinski definition) is 51. The van der Waals surface area contributed by atoms with Crippen LogP contribution < -0.4 is 0 Å². The lowest BCUT2D eigenvalue weighted by molar-refractivity contribution is -0.400. The van der Waals surface area contributed by atoms with Gasteiger partial charge in [-0.1, -0.05) is 0 Å². The van der Waals surface area contributed by atoms with Gasteiger partial charge in [0.1, 0.15) is 244 Å². The molecule has 10 aliphatic heterocycles. The maximum Gasteiger partial charge on any atom is 0.187 e. The first-order chi connectivity index (χ1) is 52.7. The van der Waals surface area contributed by atoms with E-state index in [0.29, 0.717) is 0 Å². The Kier molecular flexibility index (Phi) is 32.4. The molecular formula is C60H102O51. The highest BCUT2D eigenvalue weighted by Crippen LogP contribution is 2.41. The largest absolute Gasteiger partial charge is 0.394 e. The molecule has 50 atom stereocenters. The van der Waals surface area contributed by atoms with Gasteiger partial charge < -0.3 is 253 Å². The molecule has 10 aliphatic rings. The summed E-state index contributed by atoms with van der Waals surface area (Å²) in [5, 5.41) is 345. The Morgan fingerprint density at radius 1 is 0.135 bits per heavy atom. The average molecular weight is 1640 g/mol. The lowest BCUT2D eigenvalue weighted by Gasteiger charge is -2.50. The van der Waals surface area contributed by atoms with Gasteiger partial charge in [0.2, 0.25) is 0 Å². The van der Waals surface area contributed by atoms with Gasteiger partial charge in [0.15, 0.2) is 62.9 Å². The highest BCUT2D eigenvalue weighted by molar-refractivity contribution is 5.03. The standard InChI is InChI=1S/C60H102O51/c61-1-11-21(71)22(72)33(83)52(94-11)104-43-13(3-63)96-54(35(85)24(43)74)106-45-15(5-65)98-56(37(87)26(45)76)108-47-17(7-67)100-58(39(89)28(47)78)110-49-19(9-69)102-60(41(91)30(49)80)111-50-20(10-70)101-59(40(90)31(50)81)109-48-18(8-68)99-57(38(88)29(48)79)107-46-16(6-66)97-55(36(86)27(46)77)105-44-14(4-64)95-53(34(84)25(44)75)103-42-12(2-62)93-51(92)32(82)23(42)73/h11-92H,1-10H2/t11-,12+,13-,14+,15-,16+,17-,18+,19-,20+,21-,22-,23-,24+,25-,26+,27-,28+,29-,30+,31-,32-,33+,34-,35+,36-,37+,38-,39+,40-,41+,42-,43-,44-,45-,46+,47-,48+,49-,50+,51+,52-,53-,54-,55+,56-,57+,58-,59+,60-/m0/s1. The van der Waals surface area contributed by atoms with E-state index in [4.69, 9.17) is 90.0 Å². The topological polar surface area (TPSA) is 823 Å². The van der Waals surface area contributed by atoms with Crippen molar-refractivity contribution in [2.24, 2.45) is 0 Å². The van der Waals surface area contributed by atoms with Crippen LogP contribution in [-0.4, -0.2) is 537 Å². The summed E-state index contributed by atoms with van der Waals surface area (Å²) in [4.78, 5) is 0. The monoisotopic (exact) mass is 1640 g/mol. The van der Waals surface area contributed by atoms with Gasteiger partial charge in [0.05, 0.1) is 66.1 Å². The fourth-order valence-electron chi connectivity index (χ4n) is 14.5. The molecule has 0 aromatic heterocycles. The minimum Gasteiger partial charge on any atom is -0.394 e. The minimum atomic E-state index is -2.32. The minimum absolute atomic E-state index is 0.869. The summed E-state index contributed by atoms with van der Waals surface area (Å²) < 4.78 is 106. The van der Waals surface area contributed by atoms with Crippen molar-refractivity contribution in [2.45, 2.75) is 307 Å². The number of aliphatic hydroxyl groups is 32. The third-order valence-electron chi connectivity index (χ3n) is 20.9. The van der Waals surface area contributed by atoms with E-state index in [0.717, 1.165) is 0 Å². The highest BCUT2D eigenvalue weighted by atomic mass is 16.8. The molecule has 0 radical (unpaired) electrons. The van der Waals surface area contributed by atoms with E-state index in [-0.39, 0.29) is 0 Å². The van der Waals surface area contributed by atoms with Gasteiger partial charge in [-0.15, -0.1) is 0 Å². The molecule has 0 aromatic rings. The number of ether oxygens (including phenoxy) is 19. The van der Waals surface area contributed by atoms with Crippen LogP contribution in [0.5, 0.6) is 0 Å². The third-order valence-corrected chi connectivity index (χ3v) is 20.9. The molecule has 111 heavy (non-hydrogen) atoms. The van der Waals surface area contributed by atoms with Crippen LogP contribution in [0.1, 0.15) is 0 Å². The molecule has 51 nitrogen and oxygen atoms in total. The Bertz CT molecular complexity index is 2760. The molecule has 10 saturated heterocycles. The van der Waals surface area contributed by atoms with Gasteiger partial charge >= 0.3 is 0 Å². The second-order valence-electron chi connectivity index (χ2n) is 28.0. The van der Waals surface area contributed by atoms with E-state index < -0.39 is 373 Å². The first kappa shape index (κ1) is 91.3. The fourth-order valence-corrected chi connectivity index (χ4v) is 14.5. The van der Waals surface area contributed by atoms with Crippen molar-refractivity contribution in [1.29, 1.82) is 0 Å². The summed E-state index contributed by atoms with van der Waals surface area (Å²) >= 11 is 0. The lowest BCUT2D eigenvalue weighted by atomic mass is 9.95. The van der Waals surface area contributed by atoms with Gasteiger partial charge in [0.25, 0.3) is 0 Å². The Morgan fingerprint density at radius 2 is 0.261 bits per heavy atom. The fraction of sp³-hybridized carbons (Fsp3) is 1.00. The van der Waals surface area contributed by atoms with Gasteiger partial charge in [-0.3, -0.25) is 0 Å². The van der Waals surface area contributed by atoms with Crippen molar-refractivity contribution in [3.63, 3.8) is 0 Å². The van der Waals surface area contributed by atoms with Crippen molar-refractivity contribution in [3.8, 4) is 0 Å². The van der Waals surface area contributed by atoms with E-state index in [2.05, 4.69) is 0 Å². The quantitative estimate of drug-likeness (QED) is 0.0346. The summed E-state index contributed by atoms with van der Waals surface area (Å²) in [6.07, 6.45) is -101. The first-order valence-corrected chi connectivity index (χ1v) is 35.2. The molecule has 10 rings (SSSR count). The SMILES string of the molecule is OC[C@@H]1O[C@@H](O[C@@H]2[C@H](O)[C@@H](O)[C@H](O[C@@H]3[C@H](O)[C@@H](O)[C@H](O[C@@H]4[C@H](O)[C@@H](O)[C@H](O[C@@H]5[C@H](O)[C@@H](O)[C@H](O[C@H]6[C@@H](O)[C@H](O)[C@@H](O[C@H]7[C@@H](O)[C@H](O)[C@@H](O[C@H]8[C@@H](O)[C@H](O)[C@@H](O[C@@H]9[C@@H](O)[C@H](O)[C@H](O[C@@H]%10[C@@H](O)[C@H](O)[C@H](O)O[C@@H]%10CO)O[C@@H]9CO)O[C@@H]8CO)O[C@@H]7CO)O[C@@H]6CO)O[C@H]5CO)O[C@H]4CO)O[C@H]3CO)O[C@H]2CO)[C@H](O)[C@@H](O)[C@H]1O. The predicted octanol–water partition coefficient (Wildman–Crippen LogP) is -22.8. The van der Waals surface area contributed by atoms with Crippen LogP contribution in [0, 0.1) is 0 Å². The van der Waals surface area contributed by atoms with Crippen LogP contribution in [0.25, 0.3) is 0 Å². The van der Waals surface area contributed by atoms with E-state index >= 15 is 0 Å². The van der Waals surface area contributed by atoms with Crippen LogP contribution in [0.15, 0.2) is 0 Å². The van der Waals surface area contributed by atoms with Crippen molar-refractivity contribution < 1.29 is 253 Å². The number of rotatable bonds is 28. The maximum atomic E-state index is 11.5. The molecule has 648 valence electrons. The normalized spacial score (nSPS) is 53.7. The Hall–Kier alpha value is -2.04. The third kappa shape index (κ3) is 18.8. The molecule has 0 aliphatic carbocycles. The van der Waals surface area contributed by atoms with Gasteiger partial charge in [0, 0.05) is 0 Å². The van der Waals surface area contributed by atoms with Gasteiger partial charge in [-0.2, -0.15) is 0 Å². The first-order valence-electron chi connectivity index (χ1n) is 35.2. The Morgan fingerprint density at radius 3 is 0.414 bits per heavy atom. The zero-order valence-electron chi connectivity index (χ0n) is 58.0. The van der Waals surface area contributed by atoms with Crippen molar-refractivity contribution in [1.82, 2.24) is 0 Å². The predicted molar refractivity (Wildman–Crippen MR) is 330 cm³/mol. The highest BCUT2D eigenvalue weighted by Gasteiger charge is 2.61. The summed E-state index contributed by atoms with van der Waals surface area (Å²) in [6.45, 7) is -10.5. The van der Waals surface area contributed by atoms with Crippen LogP contribution in [0.4, 0.5) is 0 Å². The molecule has 0 spiro atoms. The molecule has 10 heterocycles. The molecule has 0 bridgehead atoms. The van der Waals surface area contributed by atoms with Crippen LogP contribution in [0.3, 0.4) is 0 Å². The number of aliphatic hydroxyl groups excluding tert-OH is 32. The van der Waals surface area contributed by atoms with Crippen LogP contribution >= 0.6 is 0 Å². The smallest absolute Gasteiger partial charge is 0.187 e. The van der Waals surface area contributed by atoms with E-state index in [1.54, 1.807) is 0 Å². The second-order valence-corrected chi connectivity index (χ2v) is 28.0. The van der Waals surface area contributed by atoms with Crippen LogP contribution in [-0.2, 0) is 90.0 Å². The molecule has 51 heteroatoms.